The number of likely N-dealkylation sites (N-methyl/N-ethyl adjacent to an activating group) is 1. The fraction of sp³-hybridized carbons (Fsp3) is 0.526. The van der Waals surface area contributed by atoms with Gasteiger partial charge in [-0.25, -0.2) is 4.98 Å². The zero-order valence-electron chi connectivity index (χ0n) is 15.4. The van der Waals surface area contributed by atoms with E-state index in [1.807, 2.05) is 24.4 Å². The first kappa shape index (κ1) is 17.2. The molecule has 2 aliphatic rings. The molecule has 1 saturated carbocycles. The van der Waals surface area contributed by atoms with Gasteiger partial charge in [0.1, 0.15) is 5.82 Å². The number of nitrogens with zero attached hydrogens (tertiary/aromatic N) is 5. The Morgan fingerprint density at radius 3 is 2.73 bits per heavy atom. The summed E-state index contributed by atoms with van der Waals surface area (Å²) in [6, 6.07) is 6.51. The summed E-state index contributed by atoms with van der Waals surface area (Å²) in [5.41, 5.74) is 1.91. The molecule has 0 unspecified atom stereocenters. The van der Waals surface area contributed by atoms with E-state index in [1.165, 1.54) is 12.8 Å². The van der Waals surface area contributed by atoms with Gasteiger partial charge in [-0.3, -0.25) is 9.88 Å². The van der Waals surface area contributed by atoms with E-state index in [0.717, 1.165) is 56.3 Å². The van der Waals surface area contributed by atoms with Gasteiger partial charge in [0.05, 0.1) is 5.69 Å². The monoisotopic (exact) mass is 353 g/mol. The molecule has 0 radical (unpaired) electrons. The Bertz CT molecular complexity index is 709. The topological polar surface area (TPSA) is 69.2 Å². The van der Waals surface area contributed by atoms with Crippen LogP contribution in [0, 0.1) is 0 Å². The first-order valence-electron chi connectivity index (χ1n) is 9.47. The summed E-state index contributed by atoms with van der Waals surface area (Å²) in [5.74, 6) is 1.58. The minimum Gasteiger partial charge on any atom is -0.369 e. The molecule has 7 heteroatoms. The molecule has 1 saturated heterocycles. The predicted molar refractivity (Wildman–Crippen MR) is 104 cm³/mol. The summed E-state index contributed by atoms with van der Waals surface area (Å²) in [4.78, 5) is 18.4. The van der Waals surface area contributed by atoms with Gasteiger partial charge in [-0.2, -0.15) is 4.98 Å². The smallest absolute Gasteiger partial charge is 0.225 e. The van der Waals surface area contributed by atoms with Gasteiger partial charge in [0.15, 0.2) is 0 Å². The first-order valence-corrected chi connectivity index (χ1v) is 9.47. The lowest BCUT2D eigenvalue weighted by Crippen LogP contribution is -2.45. The van der Waals surface area contributed by atoms with Crippen LogP contribution in [0.5, 0.6) is 0 Å². The summed E-state index contributed by atoms with van der Waals surface area (Å²) in [7, 11) is 2.19. The second kappa shape index (κ2) is 7.97. The molecule has 2 fully saturated rings. The summed E-state index contributed by atoms with van der Waals surface area (Å²) in [5, 5.41) is 6.89. The number of piperazine rings is 1. The lowest BCUT2D eigenvalue weighted by atomic mass is 10.2. The highest BCUT2D eigenvalue weighted by molar-refractivity contribution is 5.63. The number of aromatic nitrogens is 3. The second-order valence-corrected chi connectivity index (χ2v) is 7.19. The molecule has 0 bridgehead atoms. The van der Waals surface area contributed by atoms with Crippen molar-refractivity contribution in [2.75, 3.05) is 56.9 Å². The van der Waals surface area contributed by atoms with Crippen LogP contribution in [0.1, 0.15) is 12.8 Å². The van der Waals surface area contributed by atoms with E-state index >= 15 is 0 Å². The van der Waals surface area contributed by atoms with Crippen molar-refractivity contribution >= 4 is 11.8 Å². The van der Waals surface area contributed by atoms with Gasteiger partial charge in [0.2, 0.25) is 5.95 Å². The molecule has 0 atom stereocenters. The Morgan fingerprint density at radius 1 is 1.15 bits per heavy atom. The van der Waals surface area contributed by atoms with Crippen molar-refractivity contribution in [2.45, 2.75) is 18.9 Å². The highest BCUT2D eigenvalue weighted by Crippen LogP contribution is 2.26. The van der Waals surface area contributed by atoms with Gasteiger partial charge in [-0.1, -0.05) is 0 Å². The van der Waals surface area contributed by atoms with Gasteiger partial charge in [0, 0.05) is 69.3 Å². The van der Waals surface area contributed by atoms with E-state index in [4.69, 9.17) is 0 Å². The average molecular weight is 353 g/mol. The van der Waals surface area contributed by atoms with Gasteiger partial charge in [0.25, 0.3) is 0 Å². The van der Waals surface area contributed by atoms with E-state index in [9.17, 15) is 0 Å². The van der Waals surface area contributed by atoms with Crippen LogP contribution < -0.4 is 10.6 Å². The van der Waals surface area contributed by atoms with Crippen LogP contribution in [-0.2, 0) is 0 Å². The molecule has 0 aromatic carbocycles. The van der Waals surface area contributed by atoms with Crippen molar-refractivity contribution < 1.29 is 0 Å². The Morgan fingerprint density at radius 2 is 2.00 bits per heavy atom. The zero-order valence-corrected chi connectivity index (χ0v) is 15.4. The molecule has 2 aromatic heterocycles. The van der Waals surface area contributed by atoms with E-state index in [2.05, 4.69) is 42.4 Å². The number of rotatable bonds is 7. The molecular weight excluding hydrogens is 326 g/mol. The summed E-state index contributed by atoms with van der Waals surface area (Å²) in [6.07, 6.45) is 6.03. The number of pyridine rings is 1. The fourth-order valence-corrected chi connectivity index (χ4v) is 3.09. The number of hydrogen-bond donors (Lipinski definition) is 2. The van der Waals surface area contributed by atoms with Crippen LogP contribution in [0.2, 0.25) is 0 Å². The largest absolute Gasteiger partial charge is 0.369 e. The van der Waals surface area contributed by atoms with E-state index in [-0.39, 0.29) is 0 Å². The van der Waals surface area contributed by atoms with Crippen LogP contribution >= 0.6 is 0 Å². The Labute approximate surface area is 154 Å². The Hall–Kier alpha value is -2.25. The van der Waals surface area contributed by atoms with Crippen molar-refractivity contribution in [3.63, 3.8) is 0 Å². The number of hydrogen-bond acceptors (Lipinski definition) is 7. The molecule has 138 valence electrons. The standard InChI is InChI=1S/C19H27N7/c1-25-9-11-26(12-10-25)8-7-21-18-13-17(15-3-2-6-20-14-15)23-19(24-18)22-16-4-5-16/h2-3,6,13-14,16H,4-5,7-12H2,1H3,(H2,21,22,23,24). The minimum absolute atomic E-state index is 0.525. The van der Waals surface area contributed by atoms with E-state index < -0.39 is 0 Å². The SMILES string of the molecule is CN1CCN(CCNc2cc(-c3cccnc3)nc(NC3CC3)n2)CC1. The van der Waals surface area contributed by atoms with Gasteiger partial charge in [-0.15, -0.1) is 0 Å². The molecule has 2 aromatic rings. The second-order valence-electron chi connectivity index (χ2n) is 7.19. The van der Waals surface area contributed by atoms with Crippen molar-refractivity contribution in [1.29, 1.82) is 0 Å². The van der Waals surface area contributed by atoms with Gasteiger partial charge >= 0.3 is 0 Å². The van der Waals surface area contributed by atoms with Crippen LogP contribution in [0.25, 0.3) is 11.3 Å². The maximum Gasteiger partial charge on any atom is 0.225 e. The summed E-state index contributed by atoms with van der Waals surface area (Å²) >= 11 is 0. The molecule has 7 nitrogen and oxygen atoms in total. The molecular formula is C19H27N7. The normalized spacial score (nSPS) is 18.7. The predicted octanol–water partition coefficient (Wildman–Crippen LogP) is 1.77. The van der Waals surface area contributed by atoms with Gasteiger partial charge in [-0.05, 0) is 32.0 Å². The van der Waals surface area contributed by atoms with Crippen molar-refractivity contribution in [3.05, 3.63) is 30.6 Å². The third kappa shape index (κ3) is 4.68. The molecule has 2 N–H and O–H groups in total. The lowest BCUT2D eigenvalue weighted by Gasteiger charge is -2.32. The van der Waals surface area contributed by atoms with Crippen LogP contribution in [0.15, 0.2) is 30.6 Å². The van der Waals surface area contributed by atoms with E-state index in [0.29, 0.717) is 12.0 Å². The minimum atomic E-state index is 0.525. The van der Waals surface area contributed by atoms with Crippen LogP contribution in [-0.4, -0.2) is 77.1 Å². The lowest BCUT2D eigenvalue weighted by molar-refractivity contribution is 0.158. The van der Waals surface area contributed by atoms with Crippen molar-refractivity contribution in [1.82, 2.24) is 24.8 Å². The van der Waals surface area contributed by atoms with E-state index in [1.54, 1.807) is 6.20 Å². The van der Waals surface area contributed by atoms with Crippen molar-refractivity contribution in [3.8, 4) is 11.3 Å². The third-order valence-corrected chi connectivity index (χ3v) is 4.92. The van der Waals surface area contributed by atoms with Crippen LogP contribution in [0.4, 0.5) is 11.8 Å². The maximum absolute atomic E-state index is 4.67. The Kier molecular flexibility index (Phi) is 5.26. The highest BCUT2D eigenvalue weighted by Gasteiger charge is 2.22. The van der Waals surface area contributed by atoms with Gasteiger partial charge < -0.3 is 15.5 Å². The molecule has 1 aliphatic carbocycles. The molecule has 0 spiro atoms. The quantitative estimate of drug-likeness (QED) is 0.786. The molecule has 4 rings (SSSR count). The molecule has 3 heterocycles. The maximum atomic E-state index is 4.67. The fourth-order valence-electron chi connectivity index (χ4n) is 3.09. The molecule has 0 amide bonds. The number of nitrogens with one attached hydrogen (secondary N) is 2. The third-order valence-electron chi connectivity index (χ3n) is 4.92. The van der Waals surface area contributed by atoms with Crippen molar-refractivity contribution in [2.24, 2.45) is 0 Å². The molecule has 1 aliphatic heterocycles. The molecule has 26 heavy (non-hydrogen) atoms. The first-order chi connectivity index (χ1) is 12.8. The Balaban J connectivity index is 1.42. The van der Waals surface area contributed by atoms with Crippen LogP contribution in [0.3, 0.4) is 0 Å². The average Bonchev–Trinajstić information content (AvgIpc) is 3.48. The number of anilines is 2. The summed E-state index contributed by atoms with van der Waals surface area (Å²) in [6.45, 7) is 6.48. The highest BCUT2D eigenvalue weighted by atomic mass is 15.3. The summed E-state index contributed by atoms with van der Waals surface area (Å²) < 4.78 is 0. The zero-order chi connectivity index (χ0) is 17.8.